The molecule has 6 heteroatoms. The minimum Gasteiger partial charge on any atom is -0.445 e. The molecule has 0 heterocycles. The van der Waals surface area contributed by atoms with Crippen molar-refractivity contribution in [2.45, 2.75) is 26.4 Å². The lowest BCUT2D eigenvalue weighted by Crippen LogP contribution is -2.40. The third-order valence-corrected chi connectivity index (χ3v) is 0.966. The van der Waals surface area contributed by atoms with Gasteiger partial charge < -0.3 is 15.3 Å². The van der Waals surface area contributed by atoms with Crippen LogP contribution in [0.4, 0.5) is 9.59 Å². The zero-order valence-corrected chi connectivity index (χ0v) is 8.30. The fourth-order valence-corrected chi connectivity index (χ4v) is 0.504. The highest BCUT2D eigenvalue weighted by atomic mass is 16.6. The molecule has 0 aromatic rings. The summed E-state index contributed by atoms with van der Waals surface area (Å²) < 4.78 is 4.87. The van der Waals surface area contributed by atoms with Crippen molar-refractivity contribution in [3.63, 3.8) is 0 Å². The summed E-state index contributed by atoms with van der Waals surface area (Å²) in [4.78, 5) is 21.6. The van der Waals surface area contributed by atoms with Gasteiger partial charge in [-0.3, -0.25) is 4.79 Å². The first-order valence-corrected chi connectivity index (χ1v) is 3.89. The van der Waals surface area contributed by atoms with Crippen LogP contribution in [0.15, 0.2) is 0 Å². The quantitative estimate of drug-likeness (QED) is 0.614. The molecule has 0 rings (SSSR count). The number of amides is 2. The topological polar surface area (TPSA) is 67.4 Å². The van der Waals surface area contributed by atoms with E-state index >= 15 is 0 Å². The highest BCUT2D eigenvalue weighted by Gasteiger charge is 2.16. The van der Waals surface area contributed by atoms with Gasteiger partial charge in [0.2, 0.25) is 0 Å². The molecule has 13 heavy (non-hydrogen) atoms. The Hall–Kier alpha value is -1.20. The van der Waals surface area contributed by atoms with E-state index in [-0.39, 0.29) is 5.81 Å². The Morgan fingerprint density at radius 1 is 1.31 bits per heavy atom. The number of hydrogen-bond acceptors (Lipinski definition) is 3. The van der Waals surface area contributed by atoms with Crippen LogP contribution in [-0.4, -0.2) is 32.0 Å². The zero-order chi connectivity index (χ0) is 10.5. The first-order chi connectivity index (χ1) is 5.85. The molecular formula is C7H14BN2O3. The molecule has 0 aliphatic heterocycles. The molecule has 5 nitrogen and oxygen atoms in total. The van der Waals surface area contributed by atoms with Crippen LogP contribution in [0.2, 0.25) is 0 Å². The fourth-order valence-electron chi connectivity index (χ4n) is 0.504. The lowest BCUT2D eigenvalue weighted by molar-refractivity contribution is 0.0568. The molecule has 2 amide bonds. The van der Waals surface area contributed by atoms with E-state index < -0.39 is 11.7 Å². The van der Waals surface area contributed by atoms with Crippen molar-refractivity contribution in [2.75, 3.05) is 7.05 Å². The SMILES string of the molecule is CNC(=O)[B]NC(=O)OC(C)(C)C. The van der Waals surface area contributed by atoms with Crippen LogP contribution in [0.3, 0.4) is 0 Å². The largest absolute Gasteiger partial charge is 0.445 e. The highest BCUT2D eigenvalue weighted by Crippen LogP contribution is 2.05. The fraction of sp³-hybridized carbons (Fsp3) is 0.714. The minimum atomic E-state index is -0.643. The van der Waals surface area contributed by atoms with Crippen LogP contribution < -0.4 is 10.5 Å². The van der Waals surface area contributed by atoms with Crippen molar-refractivity contribution in [1.82, 2.24) is 10.5 Å². The number of carbonyl (C=O) groups excluding carboxylic acids is 2. The maximum absolute atomic E-state index is 10.9. The van der Waals surface area contributed by atoms with Crippen LogP contribution >= 0.6 is 0 Å². The highest BCUT2D eigenvalue weighted by molar-refractivity contribution is 6.73. The Morgan fingerprint density at radius 2 is 1.85 bits per heavy atom. The number of carbonyl (C=O) groups is 2. The van der Waals surface area contributed by atoms with E-state index in [1.54, 1.807) is 20.8 Å². The summed E-state index contributed by atoms with van der Waals surface area (Å²) in [5.41, 5.74) is -0.555. The summed E-state index contributed by atoms with van der Waals surface area (Å²) in [6, 6.07) is 0. The molecule has 2 N–H and O–H groups in total. The van der Waals surface area contributed by atoms with E-state index in [9.17, 15) is 9.59 Å². The molecule has 0 atom stereocenters. The first kappa shape index (κ1) is 11.8. The smallest absolute Gasteiger partial charge is 0.395 e. The maximum atomic E-state index is 10.9. The van der Waals surface area contributed by atoms with Crippen LogP contribution in [-0.2, 0) is 4.74 Å². The van der Waals surface area contributed by atoms with Gasteiger partial charge in [-0.25, -0.2) is 4.79 Å². The van der Waals surface area contributed by atoms with E-state index in [1.807, 2.05) is 0 Å². The van der Waals surface area contributed by atoms with Gasteiger partial charge in [0, 0.05) is 7.05 Å². The number of rotatable bonds is 2. The molecule has 0 fully saturated rings. The molecular weight excluding hydrogens is 171 g/mol. The van der Waals surface area contributed by atoms with E-state index in [1.165, 1.54) is 7.05 Å². The van der Waals surface area contributed by atoms with E-state index in [0.29, 0.717) is 0 Å². The average Bonchev–Trinajstić information content (AvgIpc) is 1.97. The Morgan fingerprint density at radius 3 is 2.23 bits per heavy atom. The Balaban J connectivity index is 3.71. The second-order valence-electron chi connectivity index (χ2n) is 3.40. The first-order valence-electron chi connectivity index (χ1n) is 3.89. The summed E-state index contributed by atoms with van der Waals surface area (Å²) in [5.74, 6) is -0.383. The van der Waals surface area contributed by atoms with Gasteiger partial charge in [-0.05, 0) is 20.8 Å². The van der Waals surface area contributed by atoms with Crippen molar-refractivity contribution in [2.24, 2.45) is 0 Å². The summed E-state index contributed by atoms with van der Waals surface area (Å²) >= 11 is 0. The molecule has 73 valence electrons. The van der Waals surface area contributed by atoms with Crippen LogP contribution in [0.25, 0.3) is 0 Å². The molecule has 0 aromatic carbocycles. The van der Waals surface area contributed by atoms with Crippen LogP contribution in [0.5, 0.6) is 0 Å². The zero-order valence-electron chi connectivity index (χ0n) is 8.30. The third kappa shape index (κ3) is 7.18. The lowest BCUT2D eigenvalue weighted by atomic mass is 9.94. The van der Waals surface area contributed by atoms with E-state index in [0.717, 1.165) is 7.41 Å². The predicted octanol–water partition coefficient (Wildman–Crippen LogP) is 0.470. The molecule has 0 aliphatic carbocycles. The maximum Gasteiger partial charge on any atom is 0.395 e. The molecule has 0 aliphatic rings. The van der Waals surface area contributed by atoms with Gasteiger partial charge in [0.1, 0.15) is 5.60 Å². The van der Waals surface area contributed by atoms with Crippen molar-refractivity contribution >= 4 is 19.3 Å². The standard InChI is InChI=1S/C7H14BN2O3/c1-7(2,3)13-6(12)10-8-5(11)9-4/h1-4H3,(H,9,11)(H,10,12). The second kappa shape index (κ2) is 4.74. The molecule has 0 aromatic heterocycles. The van der Waals surface area contributed by atoms with Crippen molar-refractivity contribution in [3.8, 4) is 0 Å². The van der Waals surface area contributed by atoms with Crippen LogP contribution in [0.1, 0.15) is 20.8 Å². The molecule has 0 saturated carbocycles. The van der Waals surface area contributed by atoms with Gasteiger partial charge in [0.05, 0.1) is 0 Å². The third-order valence-electron chi connectivity index (χ3n) is 0.966. The summed E-state index contributed by atoms with van der Waals surface area (Å²) in [6.45, 7) is 5.23. The Kier molecular flexibility index (Phi) is 4.30. The van der Waals surface area contributed by atoms with Gasteiger partial charge in [0.25, 0.3) is 0 Å². The van der Waals surface area contributed by atoms with Gasteiger partial charge in [0.15, 0.2) is 5.81 Å². The normalized spacial score (nSPS) is 10.2. The predicted molar refractivity (Wildman–Crippen MR) is 49.6 cm³/mol. The van der Waals surface area contributed by atoms with Crippen molar-refractivity contribution in [3.05, 3.63) is 0 Å². The lowest BCUT2D eigenvalue weighted by Gasteiger charge is -2.19. The van der Waals surface area contributed by atoms with Crippen molar-refractivity contribution in [1.29, 1.82) is 0 Å². The van der Waals surface area contributed by atoms with E-state index in [2.05, 4.69) is 10.5 Å². The van der Waals surface area contributed by atoms with E-state index in [4.69, 9.17) is 4.74 Å². The summed E-state index contributed by atoms with van der Waals surface area (Å²) in [6.07, 6.45) is -0.643. The minimum absolute atomic E-state index is 0.383. The molecule has 0 spiro atoms. The number of hydrogen-bond donors (Lipinski definition) is 2. The molecule has 1 radical (unpaired) electrons. The second-order valence-corrected chi connectivity index (χ2v) is 3.40. The van der Waals surface area contributed by atoms with Gasteiger partial charge >= 0.3 is 13.5 Å². The number of ether oxygens (including phenoxy) is 1. The average molecular weight is 185 g/mol. The molecule has 0 unspecified atom stereocenters. The van der Waals surface area contributed by atoms with Crippen molar-refractivity contribution < 1.29 is 14.3 Å². The monoisotopic (exact) mass is 185 g/mol. The van der Waals surface area contributed by atoms with Gasteiger partial charge in [-0.15, -0.1) is 0 Å². The molecule has 0 saturated heterocycles. The Labute approximate surface area is 78.5 Å². The number of nitrogens with one attached hydrogen (secondary N) is 2. The summed E-state index contributed by atoms with van der Waals surface area (Å²) in [5, 5.41) is 4.51. The van der Waals surface area contributed by atoms with Gasteiger partial charge in [-0.1, -0.05) is 0 Å². The Bertz CT molecular complexity index is 200. The van der Waals surface area contributed by atoms with Crippen LogP contribution in [0, 0.1) is 0 Å². The summed E-state index contributed by atoms with van der Waals surface area (Å²) in [7, 11) is 2.48. The molecule has 0 bridgehead atoms. The van der Waals surface area contributed by atoms with Gasteiger partial charge in [-0.2, -0.15) is 0 Å².